The van der Waals surface area contributed by atoms with Crippen LogP contribution in [0.1, 0.15) is 52.1 Å². The van der Waals surface area contributed by atoms with Gasteiger partial charge in [0.1, 0.15) is 5.84 Å². The Morgan fingerprint density at radius 1 is 1.06 bits per heavy atom. The fourth-order valence-electron chi connectivity index (χ4n) is 5.39. The highest BCUT2D eigenvalue weighted by Gasteiger charge is 2.31. The second kappa shape index (κ2) is 11.2. The number of fused-ring (bicyclic) bond motifs is 2. The van der Waals surface area contributed by atoms with E-state index in [0.29, 0.717) is 12.5 Å². The predicted molar refractivity (Wildman–Crippen MR) is 146 cm³/mol. The number of aliphatic imine (C=N–C) groups is 1. The van der Waals surface area contributed by atoms with E-state index in [-0.39, 0.29) is 0 Å². The van der Waals surface area contributed by atoms with Crippen LogP contribution >= 0.6 is 11.3 Å². The van der Waals surface area contributed by atoms with Crippen LogP contribution in [0.4, 0.5) is 5.69 Å². The normalized spacial score (nSPS) is 17.8. The lowest BCUT2D eigenvalue weighted by molar-refractivity contribution is 0.104. The Hall–Kier alpha value is -2.94. The lowest BCUT2D eigenvalue weighted by Gasteiger charge is -2.43. The van der Waals surface area contributed by atoms with Crippen LogP contribution in [0.3, 0.4) is 0 Å². The summed E-state index contributed by atoms with van der Waals surface area (Å²) in [6.45, 7) is 6.33. The van der Waals surface area contributed by atoms with Gasteiger partial charge in [0.05, 0.1) is 11.8 Å². The largest absolute Gasteiger partial charge is 0.353 e. The molecule has 0 aliphatic carbocycles. The summed E-state index contributed by atoms with van der Waals surface area (Å²) in [5.41, 5.74) is 5.17. The Morgan fingerprint density at radius 2 is 1.89 bits per heavy atom. The second-order valence-corrected chi connectivity index (χ2v) is 11.1. The minimum atomic E-state index is 0.482. The van der Waals surface area contributed by atoms with E-state index in [0.717, 1.165) is 69.8 Å². The molecule has 0 N–H and O–H groups in total. The number of nitriles is 1. The van der Waals surface area contributed by atoms with Crippen molar-refractivity contribution in [2.45, 2.75) is 51.5 Å². The highest BCUT2D eigenvalue weighted by molar-refractivity contribution is 7.12. The summed E-state index contributed by atoms with van der Waals surface area (Å²) in [5.74, 6) is 1.16. The topological polar surface area (TPSA) is 42.6 Å². The first-order valence-corrected chi connectivity index (χ1v) is 13.7. The fourth-order valence-corrected chi connectivity index (χ4v) is 6.44. The van der Waals surface area contributed by atoms with E-state index in [9.17, 15) is 0 Å². The molecule has 2 aliphatic heterocycles. The number of piperazine rings is 1. The summed E-state index contributed by atoms with van der Waals surface area (Å²) in [4.78, 5) is 13.3. The molecule has 2 aromatic carbocycles. The number of para-hydroxylation sites is 1. The molecule has 5 heteroatoms. The molecule has 1 saturated heterocycles. The molecular formula is C30H34N4S. The molecule has 35 heavy (non-hydrogen) atoms. The van der Waals surface area contributed by atoms with Crippen LogP contribution < -0.4 is 0 Å². The van der Waals surface area contributed by atoms with Gasteiger partial charge in [-0.25, -0.2) is 4.99 Å². The molecule has 1 aromatic heterocycles. The lowest BCUT2D eigenvalue weighted by atomic mass is 10.0. The van der Waals surface area contributed by atoms with Crippen molar-refractivity contribution in [3.63, 3.8) is 0 Å². The molecule has 180 valence electrons. The molecule has 2 aliphatic rings. The van der Waals surface area contributed by atoms with Crippen LogP contribution in [0, 0.1) is 18.3 Å². The zero-order chi connectivity index (χ0) is 24.0. The third-order valence-corrected chi connectivity index (χ3v) is 8.29. The third-order valence-electron chi connectivity index (χ3n) is 7.24. The summed E-state index contributed by atoms with van der Waals surface area (Å²) < 4.78 is 0. The Kier molecular flexibility index (Phi) is 7.61. The summed E-state index contributed by atoms with van der Waals surface area (Å²) in [5, 5.41) is 8.94. The zero-order valence-corrected chi connectivity index (χ0v) is 21.4. The molecular weight excluding hydrogens is 448 g/mol. The van der Waals surface area contributed by atoms with E-state index in [2.05, 4.69) is 83.5 Å². The number of hydrogen-bond donors (Lipinski definition) is 0. The average Bonchev–Trinajstić information content (AvgIpc) is 3.17. The van der Waals surface area contributed by atoms with Gasteiger partial charge in [-0.3, -0.25) is 4.90 Å². The zero-order valence-electron chi connectivity index (χ0n) is 20.6. The van der Waals surface area contributed by atoms with Gasteiger partial charge in [-0.1, -0.05) is 48.5 Å². The number of aryl methyl sites for hydroxylation is 2. The van der Waals surface area contributed by atoms with Gasteiger partial charge >= 0.3 is 0 Å². The molecule has 3 heterocycles. The van der Waals surface area contributed by atoms with Crippen molar-refractivity contribution in [2.75, 3.05) is 26.2 Å². The first-order chi connectivity index (χ1) is 17.2. The van der Waals surface area contributed by atoms with E-state index in [1.54, 1.807) is 0 Å². The molecule has 0 spiro atoms. The molecule has 1 atom stereocenters. The van der Waals surface area contributed by atoms with E-state index in [1.807, 2.05) is 11.3 Å². The summed E-state index contributed by atoms with van der Waals surface area (Å²) in [6.07, 6.45) is 5.93. The molecule has 1 fully saturated rings. The Morgan fingerprint density at radius 3 is 2.74 bits per heavy atom. The van der Waals surface area contributed by atoms with Crippen molar-refractivity contribution in [3.05, 3.63) is 87.1 Å². The highest BCUT2D eigenvalue weighted by Crippen LogP contribution is 2.34. The number of rotatable bonds is 7. The fraction of sp³-hybridized carbons (Fsp3) is 0.400. The van der Waals surface area contributed by atoms with Crippen LogP contribution in [0.15, 0.2) is 65.7 Å². The van der Waals surface area contributed by atoms with Gasteiger partial charge in [-0.2, -0.15) is 5.26 Å². The second-order valence-electron chi connectivity index (χ2n) is 9.71. The highest BCUT2D eigenvalue weighted by atomic mass is 32.1. The quantitative estimate of drug-likeness (QED) is 0.368. The van der Waals surface area contributed by atoms with E-state index < -0.39 is 0 Å². The van der Waals surface area contributed by atoms with E-state index >= 15 is 0 Å². The number of amidine groups is 1. The van der Waals surface area contributed by atoms with E-state index in [1.165, 1.54) is 26.4 Å². The SMILES string of the molecule is Cc1cc2c(s1)Cc1ccccc1N=C2N1CCN(CCCCC#N)C(CCc2ccccc2)C1. The Labute approximate surface area is 213 Å². The van der Waals surface area contributed by atoms with Crippen molar-refractivity contribution in [2.24, 2.45) is 4.99 Å². The summed E-state index contributed by atoms with van der Waals surface area (Å²) in [6, 6.07) is 24.6. The maximum Gasteiger partial charge on any atom is 0.137 e. The number of unbranched alkanes of at least 4 members (excludes halogenated alkanes) is 2. The van der Waals surface area contributed by atoms with Crippen molar-refractivity contribution in [1.29, 1.82) is 5.26 Å². The van der Waals surface area contributed by atoms with Crippen molar-refractivity contribution >= 4 is 22.9 Å². The van der Waals surface area contributed by atoms with Gasteiger partial charge < -0.3 is 4.90 Å². The number of benzene rings is 2. The summed E-state index contributed by atoms with van der Waals surface area (Å²) >= 11 is 1.92. The number of thiophene rings is 1. The number of nitrogens with zero attached hydrogens (tertiary/aromatic N) is 4. The maximum atomic E-state index is 8.94. The first kappa shape index (κ1) is 23.8. The minimum Gasteiger partial charge on any atom is -0.353 e. The van der Waals surface area contributed by atoms with Gasteiger partial charge in [0.25, 0.3) is 0 Å². The molecule has 4 nitrogen and oxygen atoms in total. The Balaban J connectivity index is 1.39. The molecule has 0 bridgehead atoms. The average molecular weight is 483 g/mol. The van der Waals surface area contributed by atoms with Crippen molar-refractivity contribution < 1.29 is 0 Å². The molecule has 0 saturated carbocycles. The van der Waals surface area contributed by atoms with Gasteiger partial charge in [0.15, 0.2) is 0 Å². The predicted octanol–water partition coefficient (Wildman–Crippen LogP) is 6.35. The van der Waals surface area contributed by atoms with Gasteiger partial charge in [-0.05, 0) is 62.4 Å². The third kappa shape index (κ3) is 5.66. The molecule has 1 unspecified atom stereocenters. The van der Waals surface area contributed by atoms with Crippen molar-refractivity contribution in [1.82, 2.24) is 9.80 Å². The maximum absolute atomic E-state index is 8.94. The van der Waals surface area contributed by atoms with Crippen LogP contribution in [0.2, 0.25) is 0 Å². The molecule has 0 radical (unpaired) electrons. The molecule has 5 rings (SSSR count). The monoisotopic (exact) mass is 482 g/mol. The smallest absolute Gasteiger partial charge is 0.137 e. The lowest BCUT2D eigenvalue weighted by Crippen LogP contribution is -2.55. The van der Waals surface area contributed by atoms with Crippen LogP contribution in [-0.4, -0.2) is 47.9 Å². The standard InChI is InChI=1S/C30H34N4S/c1-23-20-27-29(35-23)21-25-12-6-7-13-28(25)32-30(27)34-19-18-33(17-9-3-8-16-31)26(22-34)15-14-24-10-4-2-5-11-24/h2,4-7,10-13,20,26H,3,8-9,14-15,17-19,21-22H2,1H3. The first-order valence-electron chi connectivity index (χ1n) is 12.9. The van der Waals surface area contributed by atoms with Crippen LogP contribution in [-0.2, 0) is 12.8 Å². The van der Waals surface area contributed by atoms with Crippen LogP contribution in [0.5, 0.6) is 0 Å². The van der Waals surface area contributed by atoms with E-state index in [4.69, 9.17) is 10.3 Å². The van der Waals surface area contributed by atoms with Crippen LogP contribution in [0.25, 0.3) is 0 Å². The number of hydrogen-bond acceptors (Lipinski definition) is 5. The minimum absolute atomic E-state index is 0.482. The summed E-state index contributed by atoms with van der Waals surface area (Å²) in [7, 11) is 0. The van der Waals surface area contributed by atoms with Gasteiger partial charge in [0.2, 0.25) is 0 Å². The molecule has 0 amide bonds. The van der Waals surface area contributed by atoms with Gasteiger partial charge in [-0.15, -0.1) is 11.3 Å². The molecule has 3 aromatic rings. The Bertz CT molecular complexity index is 1210. The van der Waals surface area contributed by atoms with Crippen molar-refractivity contribution in [3.8, 4) is 6.07 Å². The van der Waals surface area contributed by atoms with Gasteiger partial charge in [0, 0.05) is 53.8 Å².